The summed E-state index contributed by atoms with van der Waals surface area (Å²) in [5, 5.41) is 2.25. The van der Waals surface area contributed by atoms with Crippen LogP contribution in [0.4, 0.5) is 0 Å². The number of nitrogens with zero attached hydrogens (tertiary/aromatic N) is 1. The molecule has 0 radical (unpaired) electrons. The van der Waals surface area contributed by atoms with Crippen molar-refractivity contribution < 1.29 is 14.4 Å². The molecule has 0 aromatic carbocycles. The van der Waals surface area contributed by atoms with Gasteiger partial charge in [0.15, 0.2) is 0 Å². The zero-order valence-corrected chi connectivity index (χ0v) is 9.78. The van der Waals surface area contributed by atoms with Crippen LogP contribution in [0.2, 0.25) is 0 Å². The normalized spacial score (nSPS) is 20.9. The summed E-state index contributed by atoms with van der Waals surface area (Å²) in [6.45, 7) is 3.84. The van der Waals surface area contributed by atoms with Crippen molar-refractivity contribution in [3.05, 3.63) is 0 Å². The van der Waals surface area contributed by atoms with Gasteiger partial charge in [-0.15, -0.1) is 0 Å². The van der Waals surface area contributed by atoms with Gasteiger partial charge >= 0.3 is 0 Å². The van der Waals surface area contributed by atoms with Crippen molar-refractivity contribution in [2.45, 2.75) is 45.6 Å². The van der Waals surface area contributed by atoms with E-state index in [0.29, 0.717) is 12.8 Å². The highest BCUT2D eigenvalue weighted by atomic mass is 16.2. The lowest BCUT2D eigenvalue weighted by Crippen LogP contribution is -2.59. The third-order valence-corrected chi connectivity index (χ3v) is 2.71. The van der Waals surface area contributed by atoms with Crippen LogP contribution < -0.4 is 5.32 Å². The van der Waals surface area contributed by atoms with Gasteiger partial charge in [0.2, 0.25) is 17.7 Å². The predicted molar refractivity (Wildman–Crippen MR) is 58.5 cm³/mol. The fourth-order valence-electron chi connectivity index (χ4n) is 1.81. The molecule has 0 spiro atoms. The van der Waals surface area contributed by atoms with Gasteiger partial charge in [0.1, 0.15) is 12.6 Å². The molecule has 1 aliphatic heterocycles. The molecule has 1 unspecified atom stereocenters. The summed E-state index contributed by atoms with van der Waals surface area (Å²) in [4.78, 5) is 35.9. The number of hydrogen-bond acceptors (Lipinski definition) is 3. The maximum absolute atomic E-state index is 11.8. The van der Waals surface area contributed by atoms with Gasteiger partial charge in [-0.25, -0.2) is 0 Å². The van der Waals surface area contributed by atoms with Crippen molar-refractivity contribution in [3.8, 4) is 0 Å². The second-order valence-corrected chi connectivity index (χ2v) is 3.96. The van der Waals surface area contributed by atoms with E-state index < -0.39 is 6.04 Å². The zero-order chi connectivity index (χ0) is 12.1. The molecule has 1 N–H and O–H groups in total. The monoisotopic (exact) mass is 226 g/mol. The highest BCUT2D eigenvalue weighted by Gasteiger charge is 2.34. The third-order valence-electron chi connectivity index (χ3n) is 2.71. The lowest BCUT2D eigenvalue weighted by Gasteiger charge is -2.33. The molecule has 0 bridgehead atoms. The average molecular weight is 226 g/mol. The van der Waals surface area contributed by atoms with Crippen LogP contribution in [0.3, 0.4) is 0 Å². The second kappa shape index (κ2) is 5.63. The Bertz CT molecular complexity index is 302. The van der Waals surface area contributed by atoms with Crippen molar-refractivity contribution in [1.29, 1.82) is 0 Å². The number of amides is 3. The molecule has 1 aliphatic rings. The topological polar surface area (TPSA) is 66.5 Å². The van der Waals surface area contributed by atoms with E-state index >= 15 is 0 Å². The molecule has 5 nitrogen and oxygen atoms in total. The number of imide groups is 1. The van der Waals surface area contributed by atoms with Crippen LogP contribution in [0, 0.1) is 0 Å². The third kappa shape index (κ3) is 2.81. The van der Waals surface area contributed by atoms with Crippen molar-refractivity contribution in [2.24, 2.45) is 0 Å². The molecule has 5 heteroatoms. The van der Waals surface area contributed by atoms with E-state index in [1.165, 1.54) is 4.90 Å². The number of carbonyl (C=O) groups is 3. The van der Waals surface area contributed by atoms with Gasteiger partial charge in [0, 0.05) is 6.42 Å². The van der Waals surface area contributed by atoms with Gasteiger partial charge in [-0.2, -0.15) is 0 Å². The summed E-state index contributed by atoms with van der Waals surface area (Å²) in [6, 6.07) is -0.484. The first-order chi connectivity index (χ1) is 7.60. The zero-order valence-electron chi connectivity index (χ0n) is 9.78. The van der Waals surface area contributed by atoms with E-state index in [1.807, 2.05) is 13.8 Å². The molecule has 90 valence electrons. The Hall–Kier alpha value is -1.39. The quantitative estimate of drug-likeness (QED) is 0.707. The molecule has 1 heterocycles. The average Bonchev–Trinajstić information content (AvgIpc) is 2.24. The molecule has 0 saturated carbocycles. The van der Waals surface area contributed by atoms with Crippen LogP contribution in [0.25, 0.3) is 0 Å². The first kappa shape index (κ1) is 12.7. The molecule has 1 fully saturated rings. The number of rotatable bonds is 4. The SMILES string of the molecule is CCCCC(=O)N1CC(=O)NC(=O)C1CC. The largest absolute Gasteiger partial charge is 0.321 e. The summed E-state index contributed by atoms with van der Waals surface area (Å²) in [6.07, 6.45) is 2.67. The van der Waals surface area contributed by atoms with Gasteiger partial charge in [0.05, 0.1) is 0 Å². The summed E-state index contributed by atoms with van der Waals surface area (Å²) in [5.74, 6) is -0.847. The lowest BCUT2D eigenvalue weighted by molar-refractivity contribution is -0.150. The minimum Gasteiger partial charge on any atom is -0.321 e. The van der Waals surface area contributed by atoms with E-state index in [-0.39, 0.29) is 24.3 Å². The van der Waals surface area contributed by atoms with Gasteiger partial charge in [-0.05, 0) is 12.8 Å². The molecule has 1 atom stereocenters. The fraction of sp³-hybridized carbons (Fsp3) is 0.727. The van der Waals surface area contributed by atoms with Gasteiger partial charge in [-0.1, -0.05) is 20.3 Å². The van der Waals surface area contributed by atoms with Crippen LogP contribution in [-0.4, -0.2) is 35.2 Å². The van der Waals surface area contributed by atoms with Crippen molar-refractivity contribution in [1.82, 2.24) is 10.2 Å². The molecule has 1 saturated heterocycles. The van der Waals surface area contributed by atoms with Gasteiger partial charge in [-0.3, -0.25) is 19.7 Å². The number of carbonyl (C=O) groups excluding carboxylic acids is 3. The van der Waals surface area contributed by atoms with Crippen molar-refractivity contribution >= 4 is 17.7 Å². The van der Waals surface area contributed by atoms with Gasteiger partial charge < -0.3 is 4.90 Å². The Kier molecular flexibility index (Phi) is 4.46. The standard InChI is InChI=1S/C11H18N2O3/c1-3-5-6-10(15)13-7-9(14)12-11(16)8(13)4-2/h8H,3-7H2,1-2H3,(H,12,14,16). The van der Waals surface area contributed by atoms with E-state index in [9.17, 15) is 14.4 Å². The first-order valence-electron chi connectivity index (χ1n) is 5.73. The van der Waals surface area contributed by atoms with Crippen molar-refractivity contribution in [3.63, 3.8) is 0 Å². The highest BCUT2D eigenvalue weighted by molar-refractivity contribution is 6.04. The molecule has 1 rings (SSSR count). The van der Waals surface area contributed by atoms with Crippen LogP contribution in [-0.2, 0) is 14.4 Å². The molecular formula is C11H18N2O3. The Labute approximate surface area is 95.2 Å². The summed E-state index contributed by atoms with van der Waals surface area (Å²) in [5.41, 5.74) is 0. The van der Waals surface area contributed by atoms with Crippen LogP contribution in [0.1, 0.15) is 39.5 Å². The summed E-state index contributed by atoms with van der Waals surface area (Å²) in [7, 11) is 0. The maximum Gasteiger partial charge on any atom is 0.249 e. The van der Waals surface area contributed by atoms with E-state index in [1.54, 1.807) is 0 Å². The lowest BCUT2D eigenvalue weighted by atomic mass is 10.1. The fourth-order valence-corrected chi connectivity index (χ4v) is 1.81. The van der Waals surface area contributed by atoms with Crippen LogP contribution in [0.5, 0.6) is 0 Å². The van der Waals surface area contributed by atoms with E-state index in [2.05, 4.69) is 5.32 Å². The Morgan fingerprint density at radius 3 is 2.69 bits per heavy atom. The van der Waals surface area contributed by atoms with E-state index in [4.69, 9.17) is 0 Å². The molecular weight excluding hydrogens is 208 g/mol. The second-order valence-electron chi connectivity index (χ2n) is 3.96. The minimum atomic E-state index is -0.484. The highest BCUT2D eigenvalue weighted by Crippen LogP contribution is 2.12. The first-order valence-corrected chi connectivity index (χ1v) is 5.73. The number of hydrogen-bond donors (Lipinski definition) is 1. The minimum absolute atomic E-state index is 0.00674. The number of unbranched alkanes of at least 4 members (excludes halogenated alkanes) is 1. The number of nitrogens with one attached hydrogen (secondary N) is 1. The molecule has 0 aliphatic carbocycles. The predicted octanol–water partition coefficient (Wildman–Crippen LogP) is 0.440. The molecule has 0 aromatic heterocycles. The van der Waals surface area contributed by atoms with E-state index in [0.717, 1.165) is 12.8 Å². The molecule has 3 amide bonds. The Balaban J connectivity index is 2.70. The Morgan fingerprint density at radius 2 is 2.12 bits per heavy atom. The molecule has 0 aromatic rings. The van der Waals surface area contributed by atoms with Gasteiger partial charge in [0.25, 0.3) is 0 Å². The van der Waals surface area contributed by atoms with Crippen molar-refractivity contribution in [2.75, 3.05) is 6.54 Å². The Morgan fingerprint density at radius 1 is 1.44 bits per heavy atom. The summed E-state index contributed by atoms with van der Waals surface area (Å²) < 4.78 is 0. The molecule has 16 heavy (non-hydrogen) atoms. The maximum atomic E-state index is 11.8. The van der Waals surface area contributed by atoms with Crippen LogP contribution in [0.15, 0.2) is 0 Å². The number of piperazine rings is 1. The summed E-state index contributed by atoms with van der Waals surface area (Å²) >= 11 is 0. The smallest absolute Gasteiger partial charge is 0.249 e. The van der Waals surface area contributed by atoms with Crippen LogP contribution >= 0.6 is 0 Å².